The van der Waals surface area contributed by atoms with Crippen molar-refractivity contribution in [1.82, 2.24) is 0 Å². The number of ether oxygens (including phenoxy) is 2. The second kappa shape index (κ2) is 9.32. The van der Waals surface area contributed by atoms with Gasteiger partial charge in [0.2, 0.25) is 5.41 Å². The van der Waals surface area contributed by atoms with Crippen LogP contribution in [0.4, 0.5) is 48.3 Å². The molecule has 2 aromatic carbocycles. The van der Waals surface area contributed by atoms with E-state index in [2.05, 4.69) is 9.47 Å². The lowest BCUT2D eigenvalue weighted by Crippen LogP contribution is -2.54. The van der Waals surface area contributed by atoms with Crippen LogP contribution >= 0.6 is 0 Å². The lowest BCUT2D eigenvalue weighted by Gasteiger charge is -2.38. The van der Waals surface area contributed by atoms with Crippen LogP contribution in [-0.2, 0) is 5.41 Å². The second-order valence-corrected chi connectivity index (χ2v) is 6.34. The van der Waals surface area contributed by atoms with Crippen LogP contribution < -0.4 is 9.47 Å². The van der Waals surface area contributed by atoms with Crippen molar-refractivity contribution in [1.29, 1.82) is 0 Å². The maximum absolute atomic E-state index is 14.0. The van der Waals surface area contributed by atoms with E-state index in [0.29, 0.717) is 43.3 Å². The molecule has 0 fully saturated rings. The molecule has 0 aliphatic carbocycles. The fourth-order valence-corrected chi connectivity index (χ4v) is 2.84. The van der Waals surface area contributed by atoms with Gasteiger partial charge in [0.05, 0.1) is 0 Å². The number of hydrogen-bond acceptors (Lipinski definition) is 2. The van der Waals surface area contributed by atoms with Crippen LogP contribution in [0, 0.1) is 0 Å². The molecule has 0 radical (unpaired) electrons. The van der Waals surface area contributed by atoms with E-state index in [0.717, 1.165) is 0 Å². The minimum absolute atomic E-state index is 0.277. The van der Waals surface area contributed by atoms with Gasteiger partial charge in [-0.1, -0.05) is 24.3 Å². The summed E-state index contributed by atoms with van der Waals surface area (Å²) < 4.78 is 155. The SMILES string of the molecule is C/C(F)=C(/F)Oc1ccc(C(c2ccc(OC(F)=C(F)F)cc2)(C(F)(F)F)C(F)(F)F)cc1. The zero-order chi connectivity index (χ0) is 25.2. The summed E-state index contributed by atoms with van der Waals surface area (Å²) in [6.45, 7) is 0.666. The van der Waals surface area contributed by atoms with Gasteiger partial charge in [-0.2, -0.15) is 43.9 Å². The van der Waals surface area contributed by atoms with E-state index in [-0.39, 0.29) is 12.1 Å². The van der Waals surface area contributed by atoms with Crippen molar-refractivity contribution in [3.05, 3.63) is 83.6 Å². The van der Waals surface area contributed by atoms with Gasteiger partial charge in [0.25, 0.3) is 0 Å². The Kier molecular flexibility index (Phi) is 7.34. The molecule has 0 bridgehead atoms. The van der Waals surface area contributed by atoms with Crippen molar-refractivity contribution in [3.8, 4) is 11.5 Å². The summed E-state index contributed by atoms with van der Waals surface area (Å²) >= 11 is 0. The van der Waals surface area contributed by atoms with Crippen LogP contribution in [0.1, 0.15) is 18.1 Å². The molecule has 0 spiro atoms. The Bertz CT molecular complexity index is 940. The predicted molar refractivity (Wildman–Crippen MR) is 92.3 cm³/mol. The second-order valence-electron chi connectivity index (χ2n) is 6.34. The first-order valence-electron chi connectivity index (χ1n) is 8.54. The normalized spacial score (nSPS) is 13.3. The van der Waals surface area contributed by atoms with Crippen molar-refractivity contribution in [3.63, 3.8) is 0 Å². The summed E-state index contributed by atoms with van der Waals surface area (Å²) in [4.78, 5) is 0. The fraction of sp³-hybridized carbons (Fsp3) is 0.200. The summed E-state index contributed by atoms with van der Waals surface area (Å²) in [5, 5.41) is 0. The molecular weight excluding hydrogens is 481 g/mol. The van der Waals surface area contributed by atoms with Crippen LogP contribution in [0.5, 0.6) is 11.5 Å². The molecule has 2 nitrogen and oxygen atoms in total. The van der Waals surface area contributed by atoms with Crippen LogP contribution in [0.3, 0.4) is 0 Å². The summed E-state index contributed by atoms with van der Waals surface area (Å²) in [6, 6.07) is -0.888. The highest BCUT2D eigenvalue weighted by Gasteiger charge is 2.72. The first-order chi connectivity index (χ1) is 15.1. The van der Waals surface area contributed by atoms with Gasteiger partial charge in [0, 0.05) is 0 Å². The Labute approximate surface area is 178 Å². The third-order valence-electron chi connectivity index (χ3n) is 4.26. The standard InChI is InChI=1S/C20H11F11O2/c1-10(21)16(24)32-13-6-2-11(3-7-13)18(19(26,27)28,20(29,30)31)12-4-8-14(9-5-12)33-17(25)15(22)23/h2-9H,1H3/b16-10+. The van der Waals surface area contributed by atoms with Gasteiger partial charge in [-0.05, 0) is 42.3 Å². The molecule has 0 unspecified atom stereocenters. The van der Waals surface area contributed by atoms with Crippen LogP contribution in [0.25, 0.3) is 0 Å². The molecule has 0 aromatic heterocycles. The third kappa shape index (κ3) is 5.22. The van der Waals surface area contributed by atoms with Gasteiger partial charge in [-0.25, -0.2) is 4.39 Å². The summed E-state index contributed by atoms with van der Waals surface area (Å²) in [5.41, 5.74) is -7.41. The van der Waals surface area contributed by atoms with Crippen molar-refractivity contribution >= 4 is 0 Å². The zero-order valence-electron chi connectivity index (χ0n) is 16.1. The minimum atomic E-state index is -5.99. The van der Waals surface area contributed by atoms with E-state index in [1.165, 1.54) is 0 Å². The average Bonchev–Trinajstić information content (AvgIpc) is 2.68. The first kappa shape index (κ1) is 26.0. The van der Waals surface area contributed by atoms with E-state index >= 15 is 0 Å². The number of benzene rings is 2. The highest BCUT2D eigenvalue weighted by Crippen LogP contribution is 2.56. The Balaban J connectivity index is 2.64. The van der Waals surface area contributed by atoms with Gasteiger partial charge in [-0.15, -0.1) is 0 Å². The van der Waals surface area contributed by atoms with Crippen LogP contribution in [0.2, 0.25) is 0 Å². The number of alkyl halides is 6. The molecule has 0 aliphatic rings. The van der Waals surface area contributed by atoms with E-state index < -0.39 is 64.3 Å². The molecule has 2 aromatic rings. The highest BCUT2D eigenvalue weighted by atomic mass is 19.4. The lowest BCUT2D eigenvalue weighted by molar-refractivity contribution is -0.288. The minimum Gasteiger partial charge on any atom is -0.430 e. The highest BCUT2D eigenvalue weighted by molar-refractivity contribution is 5.47. The largest absolute Gasteiger partial charge is 0.430 e. The number of halogens is 11. The van der Waals surface area contributed by atoms with Gasteiger partial charge in [0.1, 0.15) is 11.5 Å². The van der Waals surface area contributed by atoms with E-state index in [4.69, 9.17) is 0 Å². The summed E-state index contributed by atoms with van der Waals surface area (Å²) in [5.74, 6) is -2.80. The maximum atomic E-state index is 14.0. The molecule has 2 rings (SSSR count). The molecular formula is C20H11F11O2. The van der Waals surface area contributed by atoms with Gasteiger partial charge in [0.15, 0.2) is 5.83 Å². The molecule has 0 heterocycles. The smallest absolute Gasteiger partial charge is 0.411 e. The van der Waals surface area contributed by atoms with E-state index in [9.17, 15) is 48.3 Å². The lowest BCUT2D eigenvalue weighted by atomic mass is 9.73. The molecule has 0 atom stereocenters. The maximum Gasteiger partial charge on any atom is 0.411 e. The van der Waals surface area contributed by atoms with Gasteiger partial charge < -0.3 is 9.47 Å². The van der Waals surface area contributed by atoms with Gasteiger partial charge >= 0.3 is 30.5 Å². The molecule has 0 amide bonds. The molecule has 0 N–H and O–H groups in total. The molecule has 0 saturated heterocycles. The molecule has 13 heteroatoms. The van der Waals surface area contributed by atoms with Crippen molar-refractivity contribution < 1.29 is 57.8 Å². The van der Waals surface area contributed by atoms with E-state index in [1.807, 2.05) is 0 Å². The third-order valence-corrected chi connectivity index (χ3v) is 4.26. The van der Waals surface area contributed by atoms with Crippen LogP contribution in [0.15, 0.2) is 72.5 Å². The average molecular weight is 492 g/mol. The summed E-state index contributed by atoms with van der Waals surface area (Å²) in [6.07, 6.45) is -14.9. The fourth-order valence-electron chi connectivity index (χ4n) is 2.84. The van der Waals surface area contributed by atoms with Crippen molar-refractivity contribution in [2.75, 3.05) is 0 Å². The Hall–Kier alpha value is -3.25. The van der Waals surface area contributed by atoms with E-state index in [1.54, 1.807) is 0 Å². The zero-order valence-corrected chi connectivity index (χ0v) is 16.1. The molecule has 0 aliphatic heterocycles. The van der Waals surface area contributed by atoms with Crippen molar-refractivity contribution in [2.24, 2.45) is 0 Å². The van der Waals surface area contributed by atoms with Gasteiger partial charge in [-0.3, -0.25) is 0 Å². The van der Waals surface area contributed by atoms with Crippen LogP contribution in [-0.4, -0.2) is 12.4 Å². The predicted octanol–water partition coefficient (Wildman–Crippen LogP) is 8.02. The Morgan fingerprint density at radius 1 is 0.576 bits per heavy atom. The molecule has 0 saturated carbocycles. The Morgan fingerprint density at radius 2 is 0.909 bits per heavy atom. The monoisotopic (exact) mass is 492 g/mol. The van der Waals surface area contributed by atoms with Crippen molar-refractivity contribution in [2.45, 2.75) is 24.7 Å². The topological polar surface area (TPSA) is 18.5 Å². The number of hydrogen-bond donors (Lipinski definition) is 0. The number of allylic oxidation sites excluding steroid dienone is 1. The first-order valence-corrected chi connectivity index (χ1v) is 8.54. The summed E-state index contributed by atoms with van der Waals surface area (Å²) in [7, 11) is 0. The quantitative estimate of drug-likeness (QED) is 0.300. The number of rotatable bonds is 6. The molecule has 33 heavy (non-hydrogen) atoms. The Morgan fingerprint density at radius 3 is 1.18 bits per heavy atom. The molecule has 180 valence electrons.